The molecule has 0 bridgehead atoms. The Morgan fingerprint density at radius 1 is 1.57 bits per heavy atom. The van der Waals surface area contributed by atoms with Crippen LogP contribution >= 0.6 is 0 Å². The van der Waals surface area contributed by atoms with Gasteiger partial charge < -0.3 is 10.8 Å². The van der Waals surface area contributed by atoms with Crippen molar-refractivity contribution in [1.82, 2.24) is 4.98 Å². The van der Waals surface area contributed by atoms with E-state index in [0.717, 1.165) is 18.4 Å². The summed E-state index contributed by atoms with van der Waals surface area (Å²) in [6, 6.07) is 3.87. The van der Waals surface area contributed by atoms with Gasteiger partial charge in [0.15, 0.2) is 0 Å². The number of rotatable bonds is 4. The summed E-state index contributed by atoms with van der Waals surface area (Å²) >= 11 is 0. The lowest BCUT2D eigenvalue weighted by molar-refractivity contribution is 0.123. The van der Waals surface area contributed by atoms with Crippen LogP contribution in [0, 0.1) is 5.92 Å². The molecule has 0 spiro atoms. The van der Waals surface area contributed by atoms with Gasteiger partial charge in [0.2, 0.25) is 0 Å². The first-order valence-corrected chi connectivity index (χ1v) is 5.11. The third kappa shape index (κ3) is 1.94. The van der Waals surface area contributed by atoms with Crippen LogP contribution in [0.2, 0.25) is 0 Å². The van der Waals surface area contributed by atoms with Gasteiger partial charge >= 0.3 is 0 Å². The van der Waals surface area contributed by atoms with Crippen molar-refractivity contribution in [3.63, 3.8) is 0 Å². The summed E-state index contributed by atoms with van der Waals surface area (Å²) in [7, 11) is 0. The van der Waals surface area contributed by atoms with Gasteiger partial charge in [-0.15, -0.1) is 0 Å². The van der Waals surface area contributed by atoms with Crippen LogP contribution in [-0.2, 0) is 0 Å². The molecule has 14 heavy (non-hydrogen) atoms. The van der Waals surface area contributed by atoms with Gasteiger partial charge in [-0.3, -0.25) is 4.98 Å². The average molecular weight is 192 g/mol. The van der Waals surface area contributed by atoms with Crippen LogP contribution in [0.5, 0.6) is 0 Å². The van der Waals surface area contributed by atoms with E-state index in [9.17, 15) is 5.11 Å². The summed E-state index contributed by atoms with van der Waals surface area (Å²) in [6.45, 7) is 0.489. The third-order valence-electron chi connectivity index (χ3n) is 2.88. The Labute approximate surface area is 84.0 Å². The molecule has 1 fully saturated rings. The maximum Gasteiger partial charge on any atom is 0.0649 e. The van der Waals surface area contributed by atoms with Crippen molar-refractivity contribution in [2.24, 2.45) is 11.7 Å². The van der Waals surface area contributed by atoms with Crippen molar-refractivity contribution in [2.75, 3.05) is 6.54 Å². The number of aliphatic hydroxyl groups is 1. The van der Waals surface area contributed by atoms with Crippen LogP contribution < -0.4 is 5.73 Å². The summed E-state index contributed by atoms with van der Waals surface area (Å²) in [5, 5.41) is 9.99. The first-order chi connectivity index (χ1) is 6.83. The molecule has 0 radical (unpaired) electrons. The average Bonchev–Trinajstić information content (AvgIpc) is 3.03. The van der Waals surface area contributed by atoms with Crippen LogP contribution in [0.3, 0.4) is 0 Å². The maximum atomic E-state index is 9.99. The molecule has 76 valence electrons. The summed E-state index contributed by atoms with van der Waals surface area (Å²) in [5.74, 6) is 0.514. The van der Waals surface area contributed by atoms with Crippen molar-refractivity contribution in [3.05, 3.63) is 30.1 Å². The fourth-order valence-electron chi connectivity index (χ4n) is 1.83. The zero-order valence-corrected chi connectivity index (χ0v) is 8.13. The molecule has 0 aliphatic heterocycles. The Morgan fingerprint density at radius 2 is 2.36 bits per heavy atom. The molecule has 1 aromatic heterocycles. The van der Waals surface area contributed by atoms with Crippen LogP contribution in [0.1, 0.15) is 24.3 Å². The van der Waals surface area contributed by atoms with Gasteiger partial charge in [-0.1, -0.05) is 6.07 Å². The van der Waals surface area contributed by atoms with Gasteiger partial charge in [0.1, 0.15) is 0 Å². The Morgan fingerprint density at radius 3 is 2.86 bits per heavy atom. The molecule has 1 aliphatic carbocycles. The van der Waals surface area contributed by atoms with E-state index in [1.165, 1.54) is 0 Å². The lowest BCUT2D eigenvalue weighted by atomic mass is 9.92. The monoisotopic (exact) mass is 192 g/mol. The van der Waals surface area contributed by atoms with Gasteiger partial charge in [-0.2, -0.15) is 0 Å². The molecule has 0 saturated heterocycles. The lowest BCUT2D eigenvalue weighted by Gasteiger charge is -2.21. The topological polar surface area (TPSA) is 59.1 Å². The minimum atomic E-state index is -0.288. The van der Waals surface area contributed by atoms with E-state index in [1.54, 1.807) is 12.4 Å². The Bertz CT molecular complexity index is 285. The Balaban J connectivity index is 2.12. The Kier molecular flexibility index (Phi) is 2.79. The van der Waals surface area contributed by atoms with Gasteiger partial charge in [0.25, 0.3) is 0 Å². The number of pyridine rings is 1. The van der Waals surface area contributed by atoms with Gasteiger partial charge in [0.05, 0.1) is 6.10 Å². The maximum absolute atomic E-state index is 9.99. The number of aliphatic hydroxyl groups excluding tert-OH is 1. The zero-order valence-electron chi connectivity index (χ0n) is 8.13. The second-order valence-electron chi connectivity index (χ2n) is 3.96. The highest BCUT2D eigenvalue weighted by Gasteiger charge is 2.35. The zero-order chi connectivity index (χ0) is 9.97. The molecule has 2 rings (SSSR count). The molecule has 3 heteroatoms. The van der Waals surface area contributed by atoms with Crippen molar-refractivity contribution in [2.45, 2.75) is 24.9 Å². The summed E-state index contributed by atoms with van der Waals surface area (Å²) in [6.07, 6.45) is 5.52. The minimum Gasteiger partial charge on any atom is -0.392 e. The molecule has 0 aromatic carbocycles. The molecule has 1 aromatic rings. The van der Waals surface area contributed by atoms with Crippen molar-refractivity contribution in [1.29, 1.82) is 0 Å². The van der Waals surface area contributed by atoms with Crippen LogP contribution in [0.25, 0.3) is 0 Å². The van der Waals surface area contributed by atoms with Crippen molar-refractivity contribution >= 4 is 0 Å². The number of nitrogens with zero attached hydrogens (tertiary/aromatic N) is 1. The highest BCUT2D eigenvalue weighted by molar-refractivity contribution is 5.17. The van der Waals surface area contributed by atoms with E-state index >= 15 is 0 Å². The highest BCUT2D eigenvalue weighted by atomic mass is 16.3. The van der Waals surface area contributed by atoms with E-state index in [4.69, 9.17) is 5.73 Å². The SMILES string of the molecule is NCC(c1cccnc1)C(O)C1CC1. The molecule has 0 amide bonds. The van der Waals surface area contributed by atoms with E-state index in [-0.39, 0.29) is 12.0 Å². The van der Waals surface area contributed by atoms with Crippen LogP contribution in [0.4, 0.5) is 0 Å². The number of nitrogens with two attached hydrogens (primary N) is 1. The molecule has 2 atom stereocenters. The summed E-state index contributed by atoms with van der Waals surface area (Å²) in [5.41, 5.74) is 6.73. The molecular weight excluding hydrogens is 176 g/mol. The standard InChI is InChI=1S/C11H16N2O/c12-6-10(11(14)8-3-4-8)9-2-1-5-13-7-9/h1-2,5,7-8,10-11,14H,3-4,6,12H2. The number of hydrogen-bond acceptors (Lipinski definition) is 3. The fraction of sp³-hybridized carbons (Fsp3) is 0.545. The smallest absolute Gasteiger partial charge is 0.0649 e. The molecular formula is C11H16N2O. The van der Waals surface area contributed by atoms with E-state index in [1.807, 2.05) is 12.1 Å². The minimum absolute atomic E-state index is 0.0520. The second-order valence-corrected chi connectivity index (χ2v) is 3.96. The fourth-order valence-corrected chi connectivity index (χ4v) is 1.83. The molecule has 1 heterocycles. The summed E-state index contributed by atoms with van der Waals surface area (Å²) in [4.78, 5) is 4.05. The second kappa shape index (κ2) is 4.07. The van der Waals surface area contributed by atoms with Crippen molar-refractivity contribution in [3.8, 4) is 0 Å². The largest absolute Gasteiger partial charge is 0.392 e. The van der Waals surface area contributed by atoms with Gasteiger partial charge in [-0.25, -0.2) is 0 Å². The van der Waals surface area contributed by atoms with Crippen molar-refractivity contribution < 1.29 is 5.11 Å². The third-order valence-corrected chi connectivity index (χ3v) is 2.88. The first-order valence-electron chi connectivity index (χ1n) is 5.11. The highest BCUT2D eigenvalue weighted by Crippen LogP contribution is 2.38. The number of hydrogen-bond donors (Lipinski definition) is 2. The first kappa shape index (κ1) is 9.62. The summed E-state index contributed by atoms with van der Waals surface area (Å²) < 4.78 is 0. The van der Waals surface area contributed by atoms with Crippen LogP contribution in [-0.4, -0.2) is 22.7 Å². The molecule has 1 aliphatic rings. The quantitative estimate of drug-likeness (QED) is 0.745. The van der Waals surface area contributed by atoms with Gasteiger partial charge in [-0.05, 0) is 30.4 Å². The van der Waals surface area contributed by atoms with Gasteiger partial charge in [0, 0.05) is 24.9 Å². The predicted molar refractivity (Wildman–Crippen MR) is 54.8 cm³/mol. The normalized spacial score (nSPS) is 20.4. The molecule has 3 N–H and O–H groups in total. The van der Waals surface area contributed by atoms with E-state index in [0.29, 0.717) is 12.5 Å². The van der Waals surface area contributed by atoms with E-state index in [2.05, 4.69) is 4.98 Å². The molecule has 1 saturated carbocycles. The Hall–Kier alpha value is -0.930. The number of aromatic nitrogens is 1. The molecule has 2 unspecified atom stereocenters. The lowest BCUT2D eigenvalue weighted by Crippen LogP contribution is -2.27. The molecule has 3 nitrogen and oxygen atoms in total. The van der Waals surface area contributed by atoms with Crippen LogP contribution in [0.15, 0.2) is 24.5 Å². The van der Waals surface area contributed by atoms with E-state index < -0.39 is 0 Å². The predicted octanol–water partition coefficient (Wildman–Crippen LogP) is 0.895.